The molecule has 0 spiro atoms. The smallest absolute Gasteiger partial charge is 0.226 e. The van der Waals surface area contributed by atoms with Crippen LogP contribution in [0.15, 0.2) is 12.4 Å². The molecule has 51 heavy (non-hydrogen) atoms. The lowest BCUT2D eigenvalue weighted by Gasteiger charge is -2.52. The van der Waals surface area contributed by atoms with Crippen molar-refractivity contribution < 1.29 is 18.6 Å². The van der Waals surface area contributed by atoms with Crippen LogP contribution in [0.4, 0.5) is 19.7 Å². The Hall–Kier alpha value is -3.07. The lowest BCUT2D eigenvalue weighted by atomic mass is 9.26. The molecule has 3 unspecified atom stereocenters. The van der Waals surface area contributed by atoms with Gasteiger partial charge in [-0.2, -0.15) is 5.26 Å². The van der Waals surface area contributed by atoms with E-state index in [-0.39, 0.29) is 57.0 Å². The normalized spacial score (nSPS) is 18.7. The van der Waals surface area contributed by atoms with Crippen LogP contribution < -0.4 is 10.6 Å². The highest BCUT2D eigenvalue weighted by atomic mass is 32.1. The topological polar surface area (TPSA) is 121 Å². The lowest BCUT2D eigenvalue weighted by molar-refractivity contribution is 0.135. The molecule has 12 radical (unpaired) electrons. The number of benzene rings is 1. The third-order valence-corrected chi connectivity index (χ3v) is 11.4. The molecule has 0 bridgehead atoms. The van der Waals surface area contributed by atoms with Gasteiger partial charge in [0.25, 0.3) is 0 Å². The second-order valence-corrected chi connectivity index (χ2v) is 14.9. The summed E-state index contributed by atoms with van der Waals surface area (Å²) >= 11 is 0.965. The molecule has 0 amide bonds. The molecule has 5 heterocycles. The van der Waals surface area contributed by atoms with Gasteiger partial charge in [0.1, 0.15) is 16.6 Å². The molecule has 8 nitrogen and oxygen atoms in total. The van der Waals surface area contributed by atoms with E-state index in [1.165, 1.54) is 26.2 Å². The van der Waals surface area contributed by atoms with Gasteiger partial charge in [0.05, 0.1) is 82.4 Å². The van der Waals surface area contributed by atoms with Crippen LogP contribution in [-0.2, 0) is 18.0 Å². The van der Waals surface area contributed by atoms with E-state index >= 15 is 4.39 Å². The molecule has 0 saturated carbocycles. The van der Waals surface area contributed by atoms with Crippen molar-refractivity contribution in [3.8, 4) is 17.3 Å². The van der Waals surface area contributed by atoms with Crippen LogP contribution in [0.25, 0.3) is 32.2 Å². The molecule has 17 heteroatoms. The number of nitriles is 1. The third kappa shape index (κ3) is 7.17. The summed E-state index contributed by atoms with van der Waals surface area (Å²) in [6.45, 7) is 7.08. The summed E-state index contributed by atoms with van der Waals surface area (Å²) in [4.78, 5) is 16.0. The Bertz CT molecular complexity index is 1970. The van der Waals surface area contributed by atoms with Gasteiger partial charge in [-0.15, -0.1) is 16.6 Å². The molecular formula is C34H36B6F2N6O2S. The Labute approximate surface area is 310 Å². The minimum absolute atomic E-state index is 0.101. The van der Waals surface area contributed by atoms with Crippen molar-refractivity contribution >= 4 is 90.4 Å². The first-order chi connectivity index (χ1) is 24.0. The van der Waals surface area contributed by atoms with Crippen molar-refractivity contribution in [1.29, 1.82) is 5.26 Å². The predicted octanol–water partition coefficient (Wildman–Crippen LogP) is 5.21. The zero-order valence-electron chi connectivity index (χ0n) is 29.2. The number of hydrogen-bond donors (Lipinski definition) is 2. The van der Waals surface area contributed by atoms with Crippen LogP contribution in [-0.4, -0.2) is 85.1 Å². The van der Waals surface area contributed by atoms with Gasteiger partial charge in [-0.25, -0.2) is 18.7 Å². The fourth-order valence-corrected chi connectivity index (χ4v) is 7.66. The van der Waals surface area contributed by atoms with Crippen LogP contribution >= 0.6 is 11.3 Å². The summed E-state index contributed by atoms with van der Waals surface area (Å²) in [6, 6.07) is 2.36. The molecule has 3 N–H and O–H groups in total. The summed E-state index contributed by atoms with van der Waals surface area (Å²) in [7, 11) is 32.1. The molecule has 3 aromatic heterocycles. The molecule has 2 aliphatic heterocycles. The minimum atomic E-state index is -2.17. The van der Waals surface area contributed by atoms with Gasteiger partial charge in [0.15, 0.2) is 11.6 Å². The van der Waals surface area contributed by atoms with Gasteiger partial charge < -0.3 is 20.5 Å². The second-order valence-electron chi connectivity index (χ2n) is 13.8. The number of anilines is 2. The molecule has 1 fully saturated rings. The maximum Gasteiger partial charge on any atom is 0.226 e. The Morgan fingerprint density at radius 3 is 2.45 bits per heavy atom. The van der Waals surface area contributed by atoms with Gasteiger partial charge in [-0.3, -0.25) is 4.98 Å². The van der Waals surface area contributed by atoms with Crippen LogP contribution in [0, 0.1) is 28.9 Å². The number of nitrogen functional groups attached to an aromatic ring is 1. The van der Waals surface area contributed by atoms with Crippen LogP contribution in [0.3, 0.4) is 0 Å². The quantitative estimate of drug-likeness (QED) is 0.172. The molecule has 0 aliphatic carbocycles. The van der Waals surface area contributed by atoms with Gasteiger partial charge in [-0.05, 0) is 35.3 Å². The average Bonchev–Trinajstić information content (AvgIpc) is 3.81. The third-order valence-electron chi connectivity index (χ3n) is 10.4. The number of hydrogen-bond acceptors (Lipinski definition) is 9. The zero-order chi connectivity index (χ0) is 37.5. The summed E-state index contributed by atoms with van der Waals surface area (Å²) in [5, 5.41) is 14.7. The van der Waals surface area contributed by atoms with E-state index in [0.29, 0.717) is 28.9 Å². The highest BCUT2D eigenvalue weighted by molar-refractivity contribution is 7.23. The number of aromatic nitrogens is 3. The first-order valence-electron chi connectivity index (χ1n) is 17.0. The van der Waals surface area contributed by atoms with E-state index < -0.39 is 27.6 Å². The number of rotatable bonds is 10. The second kappa shape index (κ2) is 15.1. The maximum atomic E-state index is 16.6. The fraction of sp³-hybridized carbons (Fsp3) is 0.529. The molecule has 252 valence electrons. The number of nitrogens with zero attached hydrogens (tertiary/aromatic N) is 5. The van der Waals surface area contributed by atoms with Gasteiger partial charge in [0.2, 0.25) is 5.95 Å². The molecule has 3 atom stereocenters. The first-order valence-corrected chi connectivity index (χ1v) is 17.8. The van der Waals surface area contributed by atoms with Crippen LogP contribution in [0.2, 0.25) is 16.8 Å². The Morgan fingerprint density at radius 2 is 1.82 bits per heavy atom. The average molecular weight is 696 g/mol. The van der Waals surface area contributed by atoms with E-state index in [0.717, 1.165) is 48.9 Å². The van der Waals surface area contributed by atoms with Crippen molar-refractivity contribution in [3.63, 3.8) is 0 Å². The first kappa shape index (κ1) is 39.1. The molecule has 4 aromatic rings. The lowest BCUT2D eigenvalue weighted by Crippen LogP contribution is -2.50. The number of pyridine rings is 1. The van der Waals surface area contributed by atoms with Crippen LogP contribution in [0.5, 0.6) is 0 Å². The fourth-order valence-electron chi connectivity index (χ4n) is 6.74. The summed E-state index contributed by atoms with van der Waals surface area (Å²) in [6.07, 6.45) is 9.48. The van der Waals surface area contributed by atoms with Crippen molar-refractivity contribution in [2.24, 2.45) is 5.92 Å². The van der Waals surface area contributed by atoms with Gasteiger partial charge in [0, 0.05) is 35.1 Å². The maximum absolute atomic E-state index is 16.6. The number of fused-ring (bicyclic) bond motifs is 4. The Morgan fingerprint density at radius 1 is 1.12 bits per heavy atom. The molecular weight excluding hydrogens is 659 g/mol. The molecule has 1 saturated heterocycles. The highest BCUT2D eigenvalue weighted by Gasteiger charge is 2.43. The Kier molecular flexibility index (Phi) is 11.6. The summed E-state index contributed by atoms with van der Waals surface area (Å²) < 4.78 is 37.2. The van der Waals surface area contributed by atoms with E-state index in [1.807, 2.05) is 0 Å². The van der Waals surface area contributed by atoms with Gasteiger partial charge >= 0.3 is 0 Å². The van der Waals surface area contributed by atoms with E-state index in [2.05, 4.69) is 29.8 Å². The minimum Gasteiger partial charge on any atom is -0.409 e. The zero-order valence-corrected chi connectivity index (χ0v) is 30.0. The predicted molar refractivity (Wildman–Crippen MR) is 205 cm³/mol. The molecule has 1 aromatic carbocycles. The largest absolute Gasteiger partial charge is 0.409 e. The highest BCUT2D eigenvalue weighted by Crippen LogP contribution is 2.52. The van der Waals surface area contributed by atoms with Crippen molar-refractivity contribution in [2.75, 3.05) is 17.2 Å². The summed E-state index contributed by atoms with van der Waals surface area (Å²) in [5.41, 5.74) is 8.11. The monoisotopic (exact) mass is 696 g/mol. The number of ether oxygens (including phenoxy) is 1. The number of nitrogens with two attached hydrogens (primary N) is 1. The number of halogens is 2. The summed E-state index contributed by atoms with van der Waals surface area (Å²) in [5.74, 6) is -0.145. The standard InChI is InChI=1S/C29H30F2N6OS.C5H6B6O/c1-3-4-5-6-7-21-15(2)8-9-37(21)29-35-11-17-18-13-38-14-19(18)22(24(31)25(17)36-29)26-23-16(10-32)28(33)39-27(23)20(30)12-34-26;1-3(7,5(10,11)12)4(8,9)2-6/h11-12,15,21H,3-9,13-14,33H2,1-2H3;12H,2H2,1H3. The number of unbranched alkanes of at least 4 members (excludes halogenated alkanes) is 3. The van der Waals surface area contributed by atoms with E-state index in [4.69, 9.17) is 67.5 Å². The van der Waals surface area contributed by atoms with Gasteiger partial charge in [-0.1, -0.05) is 58.1 Å². The van der Waals surface area contributed by atoms with Crippen LogP contribution in [0.1, 0.15) is 76.0 Å². The Balaban J connectivity index is 0.000000362. The van der Waals surface area contributed by atoms with Crippen molar-refractivity contribution in [2.45, 2.75) is 101 Å². The molecule has 6 rings (SSSR count). The van der Waals surface area contributed by atoms with Crippen molar-refractivity contribution in [3.05, 3.63) is 40.7 Å². The SMILES string of the molecule is CCCCCCC1C(C)CCN1c1ncc2c3c(c(-c4ncc(F)c5sc(N)c(C#N)c45)c(F)c2n1)COC3.[B]CC([B])([B])C([B])(C)C([B])([B])O. The number of aliphatic hydroxyl groups is 1. The van der Waals surface area contributed by atoms with E-state index in [1.54, 1.807) is 6.20 Å². The number of thiophene rings is 1. The van der Waals surface area contributed by atoms with Crippen molar-refractivity contribution in [1.82, 2.24) is 15.0 Å². The van der Waals surface area contributed by atoms with E-state index in [9.17, 15) is 14.8 Å². The molecule has 2 aliphatic rings.